The van der Waals surface area contributed by atoms with E-state index >= 15 is 0 Å². The van der Waals surface area contributed by atoms with E-state index in [1.165, 1.54) is 0 Å². The van der Waals surface area contributed by atoms with Gasteiger partial charge in [0.1, 0.15) is 5.75 Å². The monoisotopic (exact) mass is 437 g/mol. The van der Waals surface area contributed by atoms with Gasteiger partial charge in [-0.05, 0) is 47.4 Å². The Bertz CT molecular complexity index is 1180. The number of ether oxygens (including phenoxy) is 1. The second-order valence-corrected chi connectivity index (χ2v) is 10.2. The van der Waals surface area contributed by atoms with Crippen molar-refractivity contribution < 1.29 is 17.9 Å². The number of carbonyl (C=O) groups is 1. The van der Waals surface area contributed by atoms with Gasteiger partial charge in [0, 0.05) is 18.2 Å². The molecule has 0 aromatic heterocycles. The highest BCUT2D eigenvalue weighted by Gasteiger charge is 2.35. The van der Waals surface area contributed by atoms with Crippen LogP contribution in [0.15, 0.2) is 66.7 Å². The zero-order valence-corrected chi connectivity index (χ0v) is 18.5. The van der Waals surface area contributed by atoms with Gasteiger partial charge in [0.05, 0.1) is 18.1 Å². The van der Waals surface area contributed by atoms with E-state index in [9.17, 15) is 13.2 Å². The van der Waals surface area contributed by atoms with Gasteiger partial charge in [-0.3, -0.25) is 4.79 Å². The molecule has 0 bridgehead atoms. The fraction of sp³-hybridized carbons (Fsp3) is 0.320. The molecule has 1 atom stereocenters. The van der Waals surface area contributed by atoms with E-state index in [0.717, 1.165) is 22.8 Å². The normalized spacial score (nSPS) is 17.5. The molecule has 1 fully saturated rings. The molecule has 1 heterocycles. The summed E-state index contributed by atoms with van der Waals surface area (Å²) in [7, 11) is -3.13. The molecule has 5 nitrogen and oxygen atoms in total. The fourth-order valence-corrected chi connectivity index (χ4v) is 5.84. The minimum atomic E-state index is -3.13. The summed E-state index contributed by atoms with van der Waals surface area (Å²) in [4.78, 5) is 15.3. The lowest BCUT2D eigenvalue weighted by atomic mass is 10.0. The first-order valence-electron chi connectivity index (χ1n) is 10.7. The zero-order chi connectivity index (χ0) is 21.8. The highest BCUT2D eigenvalue weighted by Crippen LogP contribution is 2.26. The second-order valence-electron chi connectivity index (χ2n) is 8.00. The lowest BCUT2D eigenvalue weighted by Crippen LogP contribution is -2.40. The van der Waals surface area contributed by atoms with E-state index in [4.69, 9.17) is 4.74 Å². The molecular weight excluding hydrogens is 410 g/mol. The minimum Gasteiger partial charge on any atom is -0.494 e. The van der Waals surface area contributed by atoms with Crippen LogP contribution < -0.4 is 4.74 Å². The zero-order valence-electron chi connectivity index (χ0n) is 17.7. The van der Waals surface area contributed by atoms with Crippen molar-refractivity contribution in [3.8, 4) is 5.75 Å². The number of hydrogen-bond donors (Lipinski definition) is 0. The van der Waals surface area contributed by atoms with Crippen molar-refractivity contribution in [2.75, 3.05) is 18.1 Å². The van der Waals surface area contributed by atoms with E-state index in [1.807, 2.05) is 55.5 Å². The number of hydrogen-bond acceptors (Lipinski definition) is 4. The van der Waals surface area contributed by atoms with Crippen molar-refractivity contribution in [2.45, 2.75) is 32.4 Å². The summed E-state index contributed by atoms with van der Waals surface area (Å²) in [6.07, 6.45) is 1.34. The first kappa shape index (κ1) is 21.4. The number of benzene rings is 3. The van der Waals surface area contributed by atoms with Gasteiger partial charge in [-0.15, -0.1) is 0 Å². The molecule has 0 saturated carbocycles. The highest BCUT2D eigenvalue weighted by atomic mass is 32.2. The molecule has 3 aromatic carbocycles. The molecule has 0 N–H and O–H groups in total. The maximum atomic E-state index is 13.6. The third kappa shape index (κ3) is 4.90. The Labute approximate surface area is 183 Å². The molecular formula is C25H27NO4S. The Balaban J connectivity index is 1.69. The van der Waals surface area contributed by atoms with E-state index in [1.54, 1.807) is 23.1 Å². The van der Waals surface area contributed by atoms with Gasteiger partial charge >= 0.3 is 0 Å². The standard InChI is InChI=1S/C25H27NO4S/c1-2-14-30-23-11-6-9-20(16-23)25(27)26(22-13-15-31(28,29)18-22)17-21-10-5-8-19-7-3-4-12-24(19)21/h3-12,16,22H,2,13-15,17-18H2,1H3/t22-/m1/s1. The molecule has 0 aliphatic carbocycles. The second kappa shape index (κ2) is 9.10. The van der Waals surface area contributed by atoms with Crippen molar-refractivity contribution in [1.29, 1.82) is 0 Å². The van der Waals surface area contributed by atoms with Gasteiger partial charge in [0.25, 0.3) is 5.91 Å². The van der Waals surface area contributed by atoms with Crippen LogP contribution >= 0.6 is 0 Å². The predicted octanol–water partition coefficient (Wildman–Crippen LogP) is 4.46. The van der Waals surface area contributed by atoms with Crippen LogP contribution in [0.5, 0.6) is 5.75 Å². The number of nitrogens with zero attached hydrogens (tertiary/aromatic N) is 1. The Morgan fingerprint density at radius 1 is 1.06 bits per heavy atom. The van der Waals surface area contributed by atoms with Crippen molar-refractivity contribution in [3.05, 3.63) is 77.9 Å². The molecule has 1 amide bonds. The smallest absolute Gasteiger partial charge is 0.254 e. The summed E-state index contributed by atoms with van der Waals surface area (Å²) >= 11 is 0. The number of rotatable bonds is 7. The Hall–Kier alpha value is -2.86. The van der Waals surface area contributed by atoms with Crippen LogP contribution in [0, 0.1) is 0 Å². The summed E-state index contributed by atoms with van der Waals surface area (Å²) < 4.78 is 30.1. The SMILES string of the molecule is CCCOc1cccc(C(=O)N(Cc2cccc3ccccc23)[C@@H]2CCS(=O)(=O)C2)c1. The van der Waals surface area contributed by atoms with Crippen LogP contribution in [-0.2, 0) is 16.4 Å². The van der Waals surface area contributed by atoms with Crippen LogP contribution in [0.3, 0.4) is 0 Å². The summed E-state index contributed by atoms with van der Waals surface area (Å²) in [5.41, 5.74) is 1.52. The van der Waals surface area contributed by atoms with Crippen LogP contribution in [-0.4, -0.2) is 43.4 Å². The average Bonchev–Trinajstić information content (AvgIpc) is 3.15. The Morgan fingerprint density at radius 2 is 1.84 bits per heavy atom. The summed E-state index contributed by atoms with van der Waals surface area (Å²) in [5.74, 6) is 0.612. The number of carbonyl (C=O) groups excluding carboxylic acids is 1. The molecule has 31 heavy (non-hydrogen) atoms. The Kier molecular flexibility index (Phi) is 6.28. The average molecular weight is 438 g/mol. The largest absolute Gasteiger partial charge is 0.494 e. The maximum absolute atomic E-state index is 13.6. The van der Waals surface area contributed by atoms with Gasteiger partial charge in [-0.1, -0.05) is 55.5 Å². The van der Waals surface area contributed by atoms with E-state index in [2.05, 4.69) is 0 Å². The van der Waals surface area contributed by atoms with E-state index in [0.29, 0.717) is 30.9 Å². The molecule has 1 saturated heterocycles. The van der Waals surface area contributed by atoms with E-state index in [-0.39, 0.29) is 23.5 Å². The molecule has 1 aliphatic heterocycles. The molecule has 0 radical (unpaired) electrons. The molecule has 4 rings (SSSR count). The van der Waals surface area contributed by atoms with Gasteiger partial charge in [-0.2, -0.15) is 0 Å². The van der Waals surface area contributed by atoms with Crippen molar-refractivity contribution >= 4 is 26.5 Å². The lowest BCUT2D eigenvalue weighted by molar-refractivity contribution is 0.0681. The third-order valence-corrected chi connectivity index (χ3v) is 7.43. The third-order valence-electron chi connectivity index (χ3n) is 5.68. The van der Waals surface area contributed by atoms with E-state index < -0.39 is 9.84 Å². The highest BCUT2D eigenvalue weighted by molar-refractivity contribution is 7.91. The molecule has 1 aliphatic rings. The number of sulfone groups is 1. The molecule has 0 unspecified atom stereocenters. The van der Waals surface area contributed by atoms with Crippen LogP contribution in [0.4, 0.5) is 0 Å². The van der Waals surface area contributed by atoms with Crippen LogP contribution in [0.2, 0.25) is 0 Å². The van der Waals surface area contributed by atoms with Crippen molar-refractivity contribution in [1.82, 2.24) is 4.90 Å². The van der Waals surface area contributed by atoms with Crippen molar-refractivity contribution in [2.24, 2.45) is 0 Å². The summed E-state index contributed by atoms with van der Waals surface area (Å²) in [5, 5.41) is 2.17. The van der Waals surface area contributed by atoms with Crippen LogP contribution in [0.1, 0.15) is 35.7 Å². The first-order valence-corrected chi connectivity index (χ1v) is 12.5. The first-order chi connectivity index (χ1) is 15.0. The minimum absolute atomic E-state index is 0.00946. The van der Waals surface area contributed by atoms with Crippen LogP contribution in [0.25, 0.3) is 10.8 Å². The topological polar surface area (TPSA) is 63.7 Å². The number of amides is 1. The fourth-order valence-electron chi connectivity index (χ4n) is 4.11. The van der Waals surface area contributed by atoms with Gasteiger partial charge < -0.3 is 9.64 Å². The molecule has 3 aromatic rings. The number of fused-ring (bicyclic) bond motifs is 1. The van der Waals surface area contributed by atoms with Gasteiger partial charge in [-0.25, -0.2) is 8.42 Å². The molecule has 162 valence electrons. The quantitative estimate of drug-likeness (QED) is 0.548. The molecule has 6 heteroatoms. The van der Waals surface area contributed by atoms with Crippen molar-refractivity contribution in [3.63, 3.8) is 0 Å². The predicted molar refractivity (Wildman–Crippen MR) is 123 cm³/mol. The Morgan fingerprint density at radius 3 is 2.61 bits per heavy atom. The molecule has 0 spiro atoms. The van der Waals surface area contributed by atoms with Gasteiger partial charge in [0.15, 0.2) is 9.84 Å². The lowest BCUT2D eigenvalue weighted by Gasteiger charge is -2.29. The summed E-state index contributed by atoms with van der Waals surface area (Å²) in [6, 6.07) is 20.9. The van der Waals surface area contributed by atoms with Gasteiger partial charge in [0.2, 0.25) is 0 Å². The maximum Gasteiger partial charge on any atom is 0.254 e. The summed E-state index contributed by atoms with van der Waals surface area (Å²) in [6.45, 7) is 2.97.